The van der Waals surface area contributed by atoms with Crippen molar-refractivity contribution < 1.29 is 4.74 Å². The summed E-state index contributed by atoms with van der Waals surface area (Å²) >= 11 is 1.40. The highest BCUT2D eigenvalue weighted by atomic mass is 32.2. The average Bonchev–Trinajstić information content (AvgIpc) is 2.83. The van der Waals surface area contributed by atoms with Gasteiger partial charge in [0, 0.05) is 16.8 Å². The molecule has 4 rings (SSSR count). The quantitative estimate of drug-likeness (QED) is 0.271. The van der Waals surface area contributed by atoms with E-state index in [1.165, 1.54) is 11.8 Å². The van der Waals surface area contributed by atoms with Crippen LogP contribution in [0.2, 0.25) is 0 Å². The summed E-state index contributed by atoms with van der Waals surface area (Å²) < 4.78 is 6.02. The molecule has 0 bridgehead atoms. The Morgan fingerprint density at radius 3 is 2.16 bits per heavy atom. The zero-order valence-electron chi connectivity index (χ0n) is 17.0. The molecule has 5 heteroatoms. The highest BCUT2D eigenvalue weighted by Gasteiger charge is 2.19. The lowest BCUT2D eigenvalue weighted by Crippen LogP contribution is -2.37. The lowest BCUT2D eigenvalue weighted by atomic mass is 10.1. The molecule has 0 saturated heterocycles. The van der Waals surface area contributed by atoms with Gasteiger partial charge < -0.3 is 4.74 Å². The van der Waals surface area contributed by atoms with E-state index in [0.717, 1.165) is 27.8 Å². The minimum absolute atomic E-state index is 0.0666. The maximum Gasteiger partial charge on any atom is 0.166 e. The van der Waals surface area contributed by atoms with Gasteiger partial charge in [0.1, 0.15) is 18.2 Å². The lowest BCUT2D eigenvalue weighted by Gasteiger charge is -2.25. The first-order valence-corrected chi connectivity index (χ1v) is 11.0. The maximum atomic E-state index is 8.70. The van der Waals surface area contributed by atoms with Crippen LogP contribution in [0.3, 0.4) is 0 Å². The number of nitrogens with one attached hydrogen (secondary N) is 2. The van der Waals surface area contributed by atoms with Crippen LogP contribution in [0.25, 0.3) is 10.8 Å². The molecular formula is C26H23N3OS. The fourth-order valence-corrected chi connectivity index (χ4v) is 4.14. The van der Waals surface area contributed by atoms with Crippen molar-refractivity contribution in [3.05, 3.63) is 109 Å². The first kappa shape index (κ1) is 20.7. The maximum absolute atomic E-state index is 8.70. The van der Waals surface area contributed by atoms with Crippen LogP contribution in [0.5, 0.6) is 5.75 Å². The monoisotopic (exact) mass is 425 g/mol. The zero-order chi connectivity index (χ0) is 21.5. The van der Waals surface area contributed by atoms with Crippen molar-refractivity contribution in [2.75, 3.05) is 11.5 Å². The smallest absolute Gasteiger partial charge is 0.166 e. The number of hydrogen-bond acceptors (Lipinski definition) is 4. The Balaban J connectivity index is 1.50. The topological polar surface area (TPSA) is 60.2 Å². The van der Waals surface area contributed by atoms with Gasteiger partial charge in [-0.05, 0) is 29.1 Å². The Morgan fingerprint density at radius 1 is 0.742 bits per heavy atom. The summed E-state index contributed by atoms with van der Waals surface area (Å²) in [5.74, 6) is 1.62. The van der Waals surface area contributed by atoms with E-state index in [-0.39, 0.29) is 12.4 Å². The van der Waals surface area contributed by atoms with Gasteiger partial charge in [-0.25, -0.2) is 0 Å². The Bertz CT molecular complexity index is 1170. The molecule has 0 radical (unpaired) electrons. The van der Waals surface area contributed by atoms with Gasteiger partial charge in [-0.15, -0.1) is 0 Å². The summed E-state index contributed by atoms with van der Waals surface area (Å²) in [5, 5.41) is 19.8. The third-order valence-corrected chi connectivity index (χ3v) is 5.75. The van der Waals surface area contributed by atoms with Gasteiger partial charge in [-0.2, -0.15) is 0 Å². The number of ether oxygens (including phenoxy) is 1. The van der Waals surface area contributed by atoms with Gasteiger partial charge in [-0.1, -0.05) is 96.7 Å². The Kier molecular flexibility index (Phi) is 6.65. The van der Waals surface area contributed by atoms with E-state index in [1.807, 2.05) is 103 Å². The fraction of sp³-hybridized carbons (Fsp3) is 0.0769. The zero-order valence-corrected chi connectivity index (χ0v) is 17.8. The van der Waals surface area contributed by atoms with Crippen LogP contribution in [0, 0.1) is 10.8 Å². The summed E-state index contributed by atoms with van der Waals surface area (Å²) in [5.41, 5.74) is 1.92. The average molecular weight is 426 g/mol. The molecule has 0 aromatic heterocycles. The molecule has 0 spiro atoms. The Labute approximate surface area is 186 Å². The van der Waals surface area contributed by atoms with Crippen LogP contribution in [0.1, 0.15) is 5.56 Å². The molecule has 0 unspecified atom stereocenters. The minimum atomic E-state index is 0.0666. The van der Waals surface area contributed by atoms with Crippen molar-refractivity contribution in [3.63, 3.8) is 0 Å². The molecule has 0 aliphatic heterocycles. The van der Waals surface area contributed by atoms with Gasteiger partial charge in [0.25, 0.3) is 0 Å². The van der Waals surface area contributed by atoms with E-state index in [9.17, 15) is 0 Å². The molecule has 0 heterocycles. The van der Waals surface area contributed by atoms with E-state index in [4.69, 9.17) is 15.6 Å². The summed E-state index contributed by atoms with van der Waals surface area (Å²) in [6, 6.07) is 33.6. The summed E-state index contributed by atoms with van der Waals surface area (Å²) in [4.78, 5) is 1.64. The summed E-state index contributed by atoms with van der Waals surface area (Å²) in [6.45, 7) is 0.0666. The number of para-hydroxylation sites is 1. The number of nitrogens with zero attached hydrogens (tertiary/aromatic N) is 1. The second-order valence-corrected chi connectivity index (χ2v) is 7.93. The largest absolute Gasteiger partial charge is 0.485 e. The van der Waals surface area contributed by atoms with Gasteiger partial charge >= 0.3 is 0 Å². The van der Waals surface area contributed by atoms with Crippen LogP contribution < -0.4 is 9.64 Å². The second kappa shape index (κ2) is 9.96. The molecule has 31 heavy (non-hydrogen) atoms. The van der Waals surface area contributed by atoms with Crippen molar-refractivity contribution >= 4 is 39.2 Å². The van der Waals surface area contributed by atoms with E-state index in [2.05, 4.69) is 0 Å². The van der Waals surface area contributed by atoms with Crippen LogP contribution in [-0.4, -0.2) is 17.6 Å². The number of benzene rings is 4. The highest BCUT2D eigenvalue weighted by molar-refractivity contribution is 8.13. The molecule has 4 nitrogen and oxygen atoms in total. The molecule has 0 amide bonds. The van der Waals surface area contributed by atoms with Crippen molar-refractivity contribution in [2.45, 2.75) is 5.75 Å². The molecule has 0 aliphatic carbocycles. The molecule has 154 valence electrons. The van der Waals surface area contributed by atoms with Gasteiger partial charge in [0.2, 0.25) is 0 Å². The highest BCUT2D eigenvalue weighted by Crippen LogP contribution is 2.26. The van der Waals surface area contributed by atoms with Crippen LogP contribution in [0.4, 0.5) is 5.69 Å². The molecule has 0 atom stereocenters. The molecule has 2 N–H and O–H groups in total. The molecule has 0 aliphatic rings. The van der Waals surface area contributed by atoms with E-state index in [1.54, 1.807) is 4.90 Å². The van der Waals surface area contributed by atoms with Gasteiger partial charge in [0.05, 0.1) is 0 Å². The third-order valence-electron chi connectivity index (χ3n) is 4.82. The van der Waals surface area contributed by atoms with Crippen LogP contribution in [-0.2, 0) is 5.75 Å². The summed E-state index contributed by atoms with van der Waals surface area (Å²) in [6.07, 6.45) is 0. The van der Waals surface area contributed by atoms with Crippen molar-refractivity contribution in [2.24, 2.45) is 0 Å². The van der Waals surface area contributed by atoms with Gasteiger partial charge in [-0.3, -0.25) is 15.7 Å². The van der Waals surface area contributed by atoms with E-state index >= 15 is 0 Å². The lowest BCUT2D eigenvalue weighted by molar-refractivity contribution is 0.379. The standard InChI is InChI=1S/C26H23N3OS/c27-25(18-30-24-17-9-13-21-12-7-8-16-23(21)24)29(22-14-5-2-6-15-22)26(28)31-19-20-10-3-1-4-11-20/h1-17,27-28H,18-19H2. The Morgan fingerprint density at radius 2 is 1.39 bits per heavy atom. The number of amidine groups is 2. The van der Waals surface area contributed by atoms with Crippen molar-refractivity contribution in [1.29, 1.82) is 10.8 Å². The Hall–Kier alpha value is -3.57. The molecule has 0 saturated carbocycles. The van der Waals surface area contributed by atoms with Gasteiger partial charge in [0.15, 0.2) is 5.17 Å². The number of hydrogen-bond donors (Lipinski definition) is 2. The SMILES string of the molecule is N=C(COc1cccc2ccccc12)N(C(=N)SCc1ccccc1)c1ccccc1. The first-order valence-electron chi connectivity index (χ1n) is 10.0. The predicted molar refractivity (Wildman–Crippen MR) is 132 cm³/mol. The number of thioether (sulfide) groups is 1. The number of anilines is 1. The van der Waals surface area contributed by atoms with E-state index in [0.29, 0.717) is 10.9 Å². The molecule has 4 aromatic rings. The van der Waals surface area contributed by atoms with Crippen molar-refractivity contribution in [1.82, 2.24) is 0 Å². The fourth-order valence-electron chi connectivity index (χ4n) is 3.30. The predicted octanol–water partition coefficient (Wildman–Crippen LogP) is 6.57. The normalized spacial score (nSPS) is 10.6. The molecule has 0 fully saturated rings. The molecule has 4 aromatic carbocycles. The number of fused-ring (bicyclic) bond motifs is 1. The van der Waals surface area contributed by atoms with E-state index < -0.39 is 0 Å². The number of rotatable bonds is 6. The second-order valence-electron chi connectivity index (χ2n) is 6.96. The summed E-state index contributed by atoms with van der Waals surface area (Å²) in [7, 11) is 0. The van der Waals surface area contributed by atoms with Crippen LogP contribution >= 0.6 is 11.8 Å². The first-order chi connectivity index (χ1) is 15.2. The molecular weight excluding hydrogens is 402 g/mol. The van der Waals surface area contributed by atoms with Crippen LogP contribution in [0.15, 0.2) is 103 Å². The third kappa shape index (κ3) is 5.13. The van der Waals surface area contributed by atoms with Crippen molar-refractivity contribution in [3.8, 4) is 5.75 Å². The minimum Gasteiger partial charge on any atom is -0.485 e.